The van der Waals surface area contributed by atoms with Crippen molar-refractivity contribution < 1.29 is 9.53 Å². The van der Waals surface area contributed by atoms with E-state index in [-0.39, 0.29) is 18.3 Å². The number of carbonyl (C=O) groups excluding carboxylic acids is 1. The number of ether oxygens (including phenoxy) is 1. The summed E-state index contributed by atoms with van der Waals surface area (Å²) < 4.78 is 5.30. The van der Waals surface area contributed by atoms with Crippen molar-refractivity contribution in [3.63, 3.8) is 0 Å². The van der Waals surface area contributed by atoms with Gasteiger partial charge in [0.1, 0.15) is 5.75 Å². The number of carbonyl (C=O) groups is 1. The smallest absolute Gasteiger partial charge is 0.222 e. The average Bonchev–Trinajstić information content (AvgIpc) is 2.52. The number of hydrogen-bond acceptors (Lipinski definition) is 3. The Morgan fingerprint density at radius 2 is 2.23 bits per heavy atom. The Balaban J connectivity index is 0.00000242. The van der Waals surface area contributed by atoms with Crippen LogP contribution in [-0.4, -0.2) is 45.1 Å². The van der Waals surface area contributed by atoms with Crippen molar-refractivity contribution in [2.75, 3.05) is 34.3 Å². The van der Waals surface area contributed by atoms with Gasteiger partial charge in [0.05, 0.1) is 7.11 Å². The van der Waals surface area contributed by atoms with Crippen molar-refractivity contribution in [2.45, 2.75) is 31.6 Å². The van der Waals surface area contributed by atoms with Crippen LogP contribution in [0.5, 0.6) is 5.75 Å². The Kier molecular flexibility index (Phi) is 7.69. The maximum Gasteiger partial charge on any atom is 0.222 e. The molecular formula is C17H27ClN2O2. The number of fused-ring (bicyclic) bond motifs is 1. The maximum atomic E-state index is 12.3. The average molecular weight is 327 g/mol. The minimum Gasteiger partial charge on any atom is -0.497 e. The molecule has 0 aliphatic heterocycles. The second-order valence-electron chi connectivity index (χ2n) is 5.78. The molecule has 1 unspecified atom stereocenters. The van der Waals surface area contributed by atoms with Crippen LogP contribution in [0.3, 0.4) is 0 Å². The zero-order chi connectivity index (χ0) is 15.2. The van der Waals surface area contributed by atoms with Crippen LogP contribution in [-0.2, 0) is 11.2 Å². The normalized spacial score (nSPS) is 16.4. The van der Waals surface area contributed by atoms with Gasteiger partial charge in [-0.25, -0.2) is 0 Å². The van der Waals surface area contributed by atoms with E-state index in [0.29, 0.717) is 12.3 Å². The highest BCUT2D eigenvalue weighted by Crippen LogP contribution is 2.36. The molecular weight excluding hydrogens is 300 g/mol. The molecule has 1 N–H and O–H groups in total. The first-order valence-corrected chi connectivity index (χ1v) is 7.71. The van der Waals surface area contributed by atoms with Crippen LogP contribution in [0, 0.1) is 0 Å². The predicted molar refractivity (Wildman–Crippen MR) is 92.1 cm³/mol. The molecule has 0 fully saturated rings. The number of hydrogen-bond donors (Lipinski definition) is 1. The van der Waals surface area contributed by atoms with Gasteiger partial charge in [-0.3, -0.25) is 4.79 Å². The van der Waals surface area contributed by atoms with Crippen molar-refractivity contribution in [1.82, 2.24) is 10.2 Å². The molecule has 1 amide bonds. The van der Waals surface area contributed by atoms with E-state index in [1.54, 1.807) is 7.11 Å². The van der Waals surface area contributed by atoms with E-state index in [9.17, 15) is 4.79 Å². The van der Waals surface area contributed by atoms with E-state index in [1.807, 2.05) is 25.1 Å². The van der Waals surface area contributed by atoms with Crippen LogP contribution >= 0.6 is 12.4 Å². The van der Waals surface area contributed by atoms with Crippen LogP contribution in [0.2, 0.25) is 0 Å². The minimum atomic E-state index is 0. The lowest BCUT2D eigenvalue weighted by atomic mass is 9.81. The summed E-state index contributed by atoms with van der Waals surface area (Å²) >= 11 is 0. The monoisotopic (exact) mass is 326 g/mol. The summed E-state index contributed by atoms with van der Waals surface area (Å²) in [4.78, 5) is 14.2. The Hall–Kier alpha value is -1.26. The van der Waals surface area contributed by atoms with Crippen LogP contribution in [0.25, 0.3) is 0 Å². The summed E-state index contributed by atoms with van der Waals surface area (Å²) in [6.07, 6.45) is 3.95. The molecule has 1 aliphatic carbocycles. The molecule has 1 aliphatic rings. The molecule has 0 heterocycles. The number of benzene rings is 1. The number of amides is 1. The molecule has 0 aromatic heterocycles. The van der Waals surface area contributed by atoms with Crippen molar-refractivity contribution in [3.05, 3.63) is 29.3 Å². The van der Waals surface area contributed by atoms with E-state index >= 15 is 0 Å². The summed E-state index contributed by atoms with van der Waals surface area (Å²) in [7, 11) is 5.49. The third-order valence-electron chi connectivity index (χ3n) is 4.33. The fourth-order valence-electron chi connectivity index (χ4n) is 3.00. The van der Waals surface area contributed by atoms with Gasteiger partial charge in [-0.1, -0.05) is 6.07 Å². The van der Waals surface area contributed by atoms with E-state index in [0.717, 1.165) is 38.1 Å². The van der Waals surface area contributed by atoms with Crippen LogP contribution in [0.4, 0.5) is 0 Å². The summed E-state index contributed by atoms with van der Waals surface area (Å²) in [5, 5.41) is 3.08. The molecule has 4 nitrogen and oxygen atoms in total. The number of nitrogens with one attached hydrogen (secondary N) is 1. The largest absolute Gasteiger partial charge is 0.497 e. The van der Waals surface area contributed by atoms with Crippen molar-refractivity contribution in [3.8, 4) is 5.75 Å². The molecule has 22 heavy (non-hydrogen) atoms. The highest BCUT2D eigenvalue weighted by molar-refractivity contribution is 5.85. The topological polar surface area (TPSA) is 41.6 Å². The molecule has 0 bridgehead atoms. The first kappa shape index (κ1) is 18.8. The number of nitrogens with zero attached hydrogens (tertiary/aromatic N) is 1. The molecule has 1 atom stereocenters. The third kappa shape index (κ3) is 4.62. The molecule has 5 heteroatoms. The fourth-order valence-corrected chi connectivity index (χ4v) is 3.00. The molecule has 0 saturated heterocycles. The summed E-state index contributed by atoms with van der Waals surface area (Å²) in [6.45, 7) is 1.60. The van der Waals surface area contributed by atoms with Gasteiger partial charge >= 0.3 is 0 Å². The van der Waals surface area contributed by atoms with Gasteiger partial charge in [0.15, 0.2) is 0 Å². The van der Waals surface area contributed by atoms with Gasteiger partial charge in [0.2, 0.25) is 5.91 Å². The Morgan fingerprint density at radius 1 is 1.45 bits per heavy atom. The molecule has 0 radical (unpaired) electrons. The van der Waals surface area contributed by atoms with Crippen molar-refractivity contribution >= 4 is 18.3 Å². The van der Waals surface area contributed by atoms with Crippen molar-refractivity contribution in [2.24, 2.45) is 0 Å². The number of aryl methyl sites for hydroxylation is 1. The lowest BCUT2D eigenvalue weighted by Crippen LogP contribution is -2.33. The van der Waals surface area contributed by atoms with E-state index in [1.165, 1.54) is 11.1 Å². The maximum absolute atomic E-state index is 12.3. The summed E-state index contributed by atoms with van der Waals surface area (Å²) in [6, 6.07) is 6.27. The second kappa shape index (κ2) is 9.01. The molecule has 0 saturated carbocycles. The van der Waals surface area contributed by atoms with Gasteiger partial charge in [0, 0.05) is 26.6 Å². The van der Waals surface area contributed by atoms with Gasteiger partial charge in [0.25, 0.3) is 0 Å². The van der Waals surface area contributed by atoms with E-state index in [2.05, 4.69) is 17.4 Å². The lowest BCUT2D eigenvalue weighted by molar-refractivity contribution is -0.130. The molecule has 0 spiro atoms. The van der Waals surface area contributed by atoms with Crippen molar-refractivity contribution in [1.29, 1.82) is 0 Å². The highest BCUT2D eigenvalue weighted by Gasteiger charge is 2.24. The lowest BCUT2D eigenvalue weighted by Gasteiger charge is -2.27. The second-order valence-corrected chi connectivity index (χ2v) is 5.78. The van der Waals surface area contributed by atoms with Crippen LogP contribution < -0.4 is 10.1 Å². The highest BCUT2D eigenvalue weighted by atomic mass is 35.5. The van der Waals surface area contributed by atoms with E-state index in [4.69, 9.17) is 4.74 Å². The van der Waals surface area contributed by atoms with Crippen LogP contribution in [0.1, 0.15) is 36.3 Å². The summed E-state index contributed by atoms with van der Waals surface area (Å²) in [5.74, 6) is 1.50. The Labute approximate surface area is 139 Å². The van der Waals surface area contributed by atoms with Gasteiger partial charge < -0.3 is 15.0 Å². The molecule has 1 aromatic carbocycles. The summed E-state index contributed by atoms with van der Waals surface area (Å²) in [5.41, 5.74) is 2.67. The first-order chi connectivity index (χ1) is 10.2. The van der Waals surface area contributed by atoms with Gasteiger partial charge in [-0.05, 0) is 55.5 Å². The van der Waals surface area contributed by atoms with Gasteiger partial charge in [-0.15, -0.1) is 12.4 Å². The first-order valence-electron chi connectivity index (χ1n) is 7.71. The minimum absolute atomic E-state index is 0. The third-order valence-corrected chi connectivity index (χ3v) is 4.33. The molecule has 1 aromatic rings. The predicted octanol–water partition coefficient (Wildman–Crippen LogP) is 2.60. The van der Waals surface area contributed by atoms with E-state index < -0.39 is 0 Å². The number of halogens is 1. The SMILES string of the molecule is CNCCN(C)C(=O)CC1CCCc2cc(OC)ccc21.Cl. The fraction of sp³-hybridized carbons (Fsp3) is 0.588. The number of rotatable bonds is 6. The number of methoxy groups -OCH3 is 1. The zero-order valence-corrected chi connectivity index (χ0v) is 14.5. The Morgan fingerprint density at radius 3 is 2.91 bits per heavy atom. The van der Waals surface area contributed by atoms with Gasteiger partial charge in [-0.2, -0.15) is 0 Å². The quantitative estimate of drug-likeness (QED) is 0.873. The molecule has 2 rings (SSSR count). The zero-order valence-electron chi connectivity index (χ0n) is 13.7. The molecule has 124 valence electrons. The van der Waals surface area contributed by atoms with Crippen LogP contribution in [0.15, 0.2) is 18.2 Å². The standard InChI is InChI=1S/C17H26N2O2.ClH/c1-18-9-10-19(2)17(20)12-14-6-4-5-13-11-15(21-3)7-8-16(13)14;/h7-8,11,14,18H,4-6,9-10,12H2,1-3H3;1H. The Bertz CT molecular complexity index is 494. The number of likely N-dealkylation sites (N-methyl/N-ethyl adjacent to an activating group) is 2.